The molecule has 164 valence electrons. The van der Waals surface area contributed by atoms with E-state index < -0.39 is 5.54 Å². The Morgan fingerprint density at radius 1 is 0.938 bits per heavy atom. The highest BCUT2D eigenvalue weighted by atomic mass is 16.5. The van der Waals surface area contributed by atoms with Gasteiger partial charge in [0.2, 0.25) is 0 Å². The molecule has 1 amide bonds. The summed E-state index contributed by atoms with van der Waals surface area (Å²) in [6.45, 7) is 4.90. The Labute approximate surface area is 186 Å². The van der Waals surface area contributed by atoms with E-state index in [-0.39, 0.29) is 11.3 Å². The minimum Gasteiger partial charge on any atom is -0.491 e. The van der Waals surface area contributed by atoms with Gasteiger partial charge in [-0.25, -0.2) is 0 Å². The lowest BCUT2D eigenvalue weighted by Gasteiger charge is -2.27. The molecule has 32 heavy (non-hydrogen) atoms. The van der Waals surface area contributed by atoms with Crippen molar-refractivity contribution in [3.8, 4) is 5.75 Å². The second-order valence-electron chi connectivity index (χ2n) is 8.20. The Hall–Kier alpha value is -3.64. The number of H-pyrrole nitrogens is 1. The lowest BCUT2D eigenvalue weighted by molar-refractivity contribution is 0.0912. The fourth-order valence-electron chi connectivity index (χ4n) is 3.71. The molecule has 0 bridgehead atoms. The number of fused-ring (bicyclic) bond motifs is 2. The van der Waals surface area contributed by atoms with Crippen molar-refractivity contribution < 1.29 is 14.3 Å². The van der Waals surface area contributed by atoms with Crippen LogP contribution in [0.1, 0.15) is 29.8 Å². The van der Waals surface area contributed by atoms with Crippen molar-refractivity contribution in [3.05, 3.63) is 88.1 Å². The van der Waals surface area contributed by atoms with Crippen molar-refractivity contribution in [2.75, 3.05) is 20.3 Å². The summed E-state index contributed by atoms with van der Waals surface area (Å²) in [5.74, 6) is 0.532. The quantitative estimate of drug-likeness (QED) is 0.337. The number of para-hydroxylation sites is 1. The van der Waals surface area contributed by atoms with Crippen LogP contribution < -0.4 is 15.5 Å². The molecule has 4 rings (SSSR count). The summed E-state index contributed by atoms with van der Waals surface area (Å²) in [6.07, 6.45) is 0. The highest BCUT2D eigenvalue weighted by Gasteiger charge is 2.24. The molecule has 0 saturated heterocycles. The van der Waals surface area contributed by atoms with Crippen LogP contribution in [0.25, 0.3) is 21.8 Å². The van der Waals surface area contributed by atoms with Crippen molar-refractivity contribution in [2.45, 2.75) is 19.4 Å². The van der Waals surface area contributed by atoms with Gasteiger partial charge in [0, 0.05) is 29.0 Å². The Bertz CT molecular complexity index is 1320. The van der Waals surface area contributed by atoms with Crippen LogP contribution in [0.5, 0.6) is 5.75 Å². The van der Waals surface area contributed by atoms with E-state index in [0.29, 0.717) is 35.1 Å². The molecule has 3 aromatic carbocycles. The van der Waals surface area contributed by atoms with Crippen LogP contribution in [0.15, 0.2) is 71.5 Å². The number of rotatable bonds is 7. The van der Waals surface area contributed by atoms with E-state index in [1.165, 1.54) is 0 Å². The number of ether oxygens (including phenoxy) is 2. The van der Waals surface area contributed by atoms with Gasteiger partial charge in [-0.3, -0.25) is 9.59 Å². The van der Waals surface area contributed by atoms with Gasteiger partial charge in [-0.05, 0) is 61.9 Å². The first kappa shape index (κ1) is 21.6. The summed E-state index contributed by atoms with van der Waals surface area (Å²) < 4.78 is 10.6. The number of benzene rings is 3. The Kier molecular flexibility index (Phi) is 5.97. The van der Waals surface area contributed by atoms with Gasteiger partial charge in [0.15, 0.2) is 5.43 Å². The van der Waals surface area contributed by atoms with E-state index >= 15 is 0 Å². The third-order valence-electron chi connectivity index (χ3n) is 5.53. The maximum atomic E-state index is 13.0. The van der Waals surface area contributed by atoms with E-state index in [2.05, 4.69) is 10.3 Å². The molecular weight excluding hydrogens is 404 g/mol. The third kappa shape index (κ3) is 4.36. The second kappa shape index (κ2) is 8.85. The van der Waals surface area contributed by atoms with Crippen LogP contribution in [-0.2, 0) is 10.3 Å². The van der Waals surface area contributed by atoms with Crippen LogP contribution in [0.4, 0.5) is 0 Å². The summed E-state index contributed by atoms with van der Waals surface area (Å²) in [6, 6.07) is 20.1. The average molecular weight is 431 g/mol. The second-order valence-corrected chi connectivity index (χ2v) is 8.20. The van der Waals surface area contributed by atoms with Gasteiger partial charge in [0.1, 0.15) is 12.4 Å². The van der Waals surface area contributed by atoms with Gasteiger partial charge >= 0.3 is 0 Å². The van der Waals surface area contributed by atoms with Crippen LogP contribution in [0.2, 0.25) is 0 Å². The van der Waals surface area contributed by atoms with Crippen LogP contribution in [-0.4, -0.2) is 31.2 Å². The van der Waals surface area contributed by atoms with E-state index in [1.807, 2.05) is 56.3 Å². The van der Waals surface area contributed by atoms with Gasteiger partial charge < -0.3 is 19.8 Å². The number of nitrogens with one attached hydrogen (secondary N) is 2. The van der Waals surface area contributed by atoms with Crippen molar-refractivity contribution >= 4 is 27.7 Å². The minimum atomic E-state index is -0.603. The largest absolute Gasteiger partial charge is 0.491 e. The first-order chi connectivity index (χ1) is 15.4. The van der Waals surface area contributed by atoms with Crippen LogP contribution in [0.3, 0.4) is 0 Å². The number of methoxy groups -OCH3 is 1. The molecule has 0 aliphatic heterocycles. The summed E-state index contributed by atoms with van der Waals surface area (Å²) >= 11 is 0. The number of aromatic amines is 1. The van der Waals surface area contributed by atoms with Crippen molar-refractivity contribution in [1.82, 2.24) is 10.3 Å². The molecule has 0 fully saturated rings. The third-order valence-corrected chi connectivity index (χ3v) is 5.53. The smallest absolute Gasteiger partial charge is 0.252 e. The lowest BCUT2D eigenvalue weighted by atomic mass is 9.93. The first-order valence-electron chi connectivity index (χ1n) is 10.5. The maximum absolute atomic E-state index is 13.0. The summed E-state index contributed by atoms with van der Waals surface area (Å²) in [4.78, 5) is 29.0. The van der Waals surface area contributed by atoms with E-state index in [9.17, 15) is 9.59 Å². The lowest BCUT2D eigenvalue weighted by Crippen LogP contribution is -2.41. The summed E-state index contributed by atoms with van der Waals surface area (Å²) in [5, 5.41) is 4.28. The van der Waals surface area contributed by atoms with E-state index in [4.69, 9.17) is 9.47 Å². The predicted octanol–water partition coefficient (Wildman–Crippen LogP) is 4.37. The average Bonchev–Trinajstić information content (AvgIpc) is 2.79. The first-order valence-corrected chi connectivity index (χ1v) is 10.5. The number of amides is 1. The molecule has 1 aromatic heterocycles. The minimum absolute atomic E-state index is 0.0468. The molecular formula is C26H26N2O4. The van der Waals surface area contributed by atoms with E-state index in [0.717, 1.165) is 16.8 Å². The maximum Gasteiger partial charge on any atom is 0.252 e. The number of carbonyl (C=O) groups excluding carboxylic acids is 1. The molecule has 1 heterocycles. The number of hydrogen-bond donors (Lipinski definition) is 2. The SMILES string of the molecule is COCCOc1ccc(C(C)(C)NC(=O)c2ccc3c(=O)c4ccccc4[nH]c3c2)cc1. The molecule has 6 heteroatoms. The summed E-state index contributed by atoms with van der Waals surface area (Å²) in [5.41, 5.74) is 2.16. The number of hydrogen-bond acceptors (Lipinski definition) is 4. The molecule has 4 aromatic rings. The van der Waals surface area contributed by atoms with Crippen molar-refractivity contribution in [3.63, 3.8) is 0 Å². The van der Waals surface area contributed by atoms with Crippen LogP contribution in [0, 0.1) is 0 Å². The molecule has 0 aliphatic rings. The van der Waals surface area contributed by atoms with E-state index in [1.54, 1.807) is 31.4 Å². The molecule has 0 atom stereocenters. The number of pyridine rings is 1. The molecule has 0 spiro atoms. The van der Waals surface area contributed by atoms with Gasteiger partial charge in [-0.2, -0.15) is 0 Å². The molecule has 2 N–H and O–H groups in total. The van der Waals surface area contributed by atoms with Gasteiger partial charge in [0.05, 0.1) is 17.7 Å². The Morgan fingerprint density at radius 2 is 1.66 bits per heavy atom. The normalized spacial score (nSPS) is 11.6. The highest BCUT2D eigenvalue weighted by Crippen LogP contribution is 2.24. The van der Waals surface area contributed by atoms with Gasteiger partial charge in [-0.15, -0.1) is 0 Å². The Balaban J connectivity index is 1.56. The molecule has 6 nitrogen and oxygen atoms in total. The molecule has 0 saturated carbocycles. The van der Waals surface area contributed by atoms with Crippen molar-refractivity contribution in [1.29, 1.82) is 0 Å². The molecule has 0 unspecified atom stereocenters. The predicted molar refractivity (Wildman–Crippen MR) is 126 cm³/mol. The topological polar surface area (TPSA) is 80.4 Å². The van der Waals surface area contributed by atoms with Crippen molar-refractivity contribution in [2.24, 2.45) is 0 Å². The number of carbonyl (C=O) groups is 1. The zero-order valence-electron chi connectivity index (χ0n) is 18.4. The molecule has 0 radical (unpaired) electrons. The zero-order valence-corrected chi connectivity index (χ0v) is 18.4. The van der Waals surface area contributed by atoms with Gasteiger partial charge in [0.25, 0.3) is 5.91 Å². The standard InChI is InChI=1S/C26H26N2O4/c1-26(2,18-9-11-19(12-10-18)32-15-14-31-3)28-25(30)17-8-13-21-23(16-17)27-22-7-5-4-6-20(22)24(21)29/h4-13,16H,14-15H2,1-3H3,(H,27,29)(H,28,30). The fraction of sp³-hybridized carbons (Fsp3) is 0.231. The zero-order chi connectivity index (χ0) is 22.7. The van der Waals surface area contributed by atoms with Crippen LogP contribution >= 0.6 is 0 Å². The highest BCUT2D eigenvalue weighted by molar-refractivity contribution is 6.00. The summed E-state index contributed by atoms with van der Waals surface area (Å²) in [7, 11) is 1.63. The van der Waals surface area contributed by atoms with Gasteiger partial charge in [-0.1, -0.05) is 24.3 Å². The monoisotopic (exact) mass is 430 g/mol. The fourth-order valence-corrected chi connectivity index (χ4v) is 3.71. The Morgan fingerprint density at radius 3 is 2.41 bits per heavy atom. The number of aromatic nitrogens is 1. The molecule has 0 aliphatic carbocycles.